The van der Waals surface area contributed by atoms with E-state index >= 15 is 0 Å². The molecule has 4 rings (SSSR count). The normalized spacial score (nSPS) is 19.2. The van der Waals surface area contributed by atoms with Gasteiger partial charge in [0.1, 0.15) is 0 Å². The molecular weight excluding hydrogens is 341 g/mol. The lowest BCUT2D eigenvalue weighted by molar-refractivity contribution is -0.117. The average Bonchev–Trinajstić information content (AvgIpc) is 3.35. The molecule has 1 amide bonds. The Hall–Kier alpha value is -2.03. The van der Waals surface area contributed by atoms with Crippen molar-refractivity contribution in [1.29, 1.82) is 0 Å². The molecule has 1 aliphatic rings. The van der Waals surface area contributed by atoms with Crippen molar-refractivity contribution in [2.75, 3.05) is 5.32 Å². The van der Waals surface area contributed by atoms with Crippen molar-refractivity contribution in [3.05, 3.63) is 76.3 Å². The van der Waals surface area contributed by atoms with Gasteiger partial charge in [0.15, 0.2) is 0 Å². The summed E-state index contributed by atoms with van der Waals surface area (Å²) < 4.78 is 0. The van der Waals surface area contributed by atoms with Gasteiger partial charge in [0.05, 0.1) is 0 Å². The maximum Gasteiger partial charge on any atom is 0.228 e. The second kappa shape index (κ2) is 6.12. The van der Waals surface area contributed by atoms with Crippen molar-refractivity contribution in [2.24, 2.45) is 5.92 Å². The van der Waals surface area contributed by atoms with E-state index in [4.69, 9.17) is 23.2 Å². The highest BCUT2D eigenvalue weighted by Crippen LogP contribution is 2.49. The van der Waals surface area contributed by atoms with Gasteiger partial charge in [0.25, 0.3) is 0 Å². The lowest BCUT2D eigenvalue weighted by Gasteiger charge is -2.09. The largest absolute Gasteiger partial charge is 0.325 e. The van der Waals surface area contributed by atoms with Crippen molar-refractivity contribution >= 4 is 45.6 Å². The number of fused-ring (bicyclic) bond motifs is 1. The van der Waals surface area contributed by atoms with Crippen LogP contribution in [0, 0.1) is 5.92 Å². The fraction of sp³-hybridized carbons (Fsp3) is 0.150. The molecule has 0 bridgehead atoms. The highest BCUT2D eigenvalue weighted by Gasteiger charge is 2.44. The minimum atomic E-state index is -0.0292. The minimum absolute atomic E-state index is 0.0292. The van der Waals surface area contributed by atoms with Crippen LogP contribution in [0.3, 0.4) is 0 Å². The van der Waals surface area contributed by atoms with Crippen molar-refractivity contribution in [3.8, 4) is 0 Å². The average molecular weight is 356 g/mol. The molecule has 24 heavy (non-hydrogen) atoms. The Bertz CT molecular complexity index is 912. The van der Waals surface area contributed by atoms with E-state index in [1.54, 1.807) is 6.07 Å². The lowest BCUT2D eigenvalue weighted by atomic mass is 10.1. The van der Waals surface area contributed by atoms with Crippen molar-refractivity contribution in [2.45, 2.75) is 12.3 Å². The van der Waals surface area contributed by atoms with E-state index < -0.39 is 0 Å². The third-order valence-electron chi connectivity index (χ3n) is 4.49. The van der Waals surface area contributed by atoms with Crippen LogP contribution in [0.5, 0.6) is 0 Å². The van der Waals surface area contributed by atoms with Gasteiger partial charge in [-0.2, -0.15) is 0 Å². The smallest absolute Gasteiger partial charge is 0.228 e. The van der Waals surface area contributed by atoms with Gasteiger partial charge in [0, 0.05) is 27.0 Å². The summed E-state index contributed by atoms with van der Waals surface area (Å²) in [6.07, 6.45) is 0.827. The van der Waals surface area contributed by atoms with Gasteiger partial charge in [-0.25, -0.2) is 0 Å². The lowest BCUT2D eigenvalue weighted by Crippen LogP contribution is -2.14. The fourth-order valence-corrected chi connectivity index (χ4v) is 3.75. The number of hydrogen-bond acceptors (Lipinski definition) is 1. The first-order valence-corrected chi connectivity index (χ1v) is 8.62. The van der Waals surface area contributed by atoms with E-state index in [9.17, 15) is 4.79 Å². The molecule has 4 heteroatoms. The zero-order chi connectivity index (χ0) is 16.7. The quantitative estimate of drug-likeness (QED) is 0.623. The van der Waals surface area contributed by atoms with Gasteiger partial charge in [-0.05, 0) is 47.6 Å². The molecule has 0 saturated heterocycles. The minimum Gasteiger partial charge on any atom is -0.325 e. The number of hydrogen-bond donors (Lipinski definition) is 1. The number of nitrogens with one attached hydrogen (secondary N) is 1. The number of rotatable bonds is 3. The zero-order valence-corrected chi connectivity index (χ0v) is 14.3. The molecule has 3 aromatic rings. The van der Waals surface area contributed by atoms with E-state index in [1.165, 1.54) is 0 Å². The molecule has 2 atom stereocenters. The van der Waals surface area contributed by atoms with Crippen molar-refractivity contribution in [1.82, 2.24) is 0 Å². The van der Waals surface area contributed by atoms with E-state index in [0.717, 1.165) is 28.4 Å². The highest BCUT2D eigenvalue weighted by atomic mass is 35.5. The standard InChI is InChI=1S/C20H15Cl2NO/c21-14-8-13(9-15(22)10-14)17-11-18(17)20(24)23-19-7-3-5-12-4-1-2-6-16(12)19/h1-10,17-18H,11H2,(H,23,24)/t17-,18-/m0/s1. The summed E-state index contributed by atoms with van der Waals surface area (Å²) in [6, 6.07) is 19.5. The van der Waals surface area contributed by atoms with Crippen LogP contribution in [-0.4, -0.2) is 5.91 Å². The summed E-state index contributed by atoms with van der Waals surface area (Å²) in [5, 5.41) is 6.46. The van der Waals surface area contributed by atoms with Crippen LogP contribution in [-0.2, 0) is 4.79 Å². The van der Waals surface area contributed by atoms with E-state index in [0.29, 0.717) is 10.0 Å². The molecule has 0 aliphatic heterocycles. The highest BCUT2D eigenvalue weighted by molar-refractivity contribution is 6.34. The van der Waals surface area contributed by atoms with Gasteiger partial charge in [-0.15, -0.1) is 0 Å². The van der Waals surface area contributed by atoms with Crippen molar-refractivity contribution < 1.29 is 4.79 Å². The van der Waals surface area contributed by atoms with Gasteiger partial charge in [0.2, 0.25) is 5.91 Å². The van der Waals surface area contributed by atoms with Gasteiger partial charge < -0.3 is 5.32 Å². The number of amides is 1. The third-order valence-corrected chi connectivity index (χ3v) is 4.92. The topological polar surface area (TPSA) is 29.1 Å². The molecule has 2 nitrogen and oxygen atoms in total. The zero-order valence-electron chi connectivity index (χ0n) is 12.8. The summed E-state index contributed by atoms with van der Waals surface area (Å²) in [5.74, 6) is 0.210. The fourth-order valence-electron chi connectivity index (χ4n) is 3.20. The number of carbonyl (C=O) groups excluding carboxylic acids is 1. The third kappa shape index (κ3) is 3.00. The Morgan fingerprint density at radius 1 is 0.958 bits per heavy atom. The Kier molecular flexibility index (Phi) is 3.95. The van der Waals surface area contributed by atoms with Crippen LogP contribution in [0.1, 0.15) is 17.9 Å². The Labute approximate surface area is 150 Å². The molecule has 0 unspecified atom stereocenters. The molecular formula is C20H15Cl2NO. The first-order chi connectivity index (χ1) is 11.6. The predicted molar refractivity (Wildman–Crippen MR) is 99.9 cm³/mol. The molecule has 120 valence electrons. The first kappa shape index (κ1) is 15.5. The monoisotopic (exact) mass is 355 g/mol. The van der Waals surface area contributed by atoms with E-state index in [2.05, 4.69) is 5.32 Å². The van der Waals surface area contributed by atoms with Gasteiger partial charge >= 0.3 is 0 Å². The Morgan fingerprint density at radius 2 is 1.67 bits per heavy atom. The summed E-state index contributed by atoms with van der Waals surface area (Å²) in [5.41, 5.74) is 1.89. The number of benzene rings is 3. The summed E-state index contributed by atoms with van der Waals surface area (Å²) in [7, 11) is 0. The van der Waals surface area contributed by atoms with Crippen LogP contribution in [0.25, 0.3) is 10.8 Å². The van der Waals surface area contributed by atoms with E-state index in [1.807, 2.05) is 54.6 Å². The predicted octanol–water partition coefficient (Wildman–Crippen LogP) is 5.89. The van der Waals surface area contributed by atoms with Crippen LogP contribution >= 0.6 is 23.2 Å². The molecule has 3 aromatic carbocycles. The Balaban J connectivity index is 1.53. The van der Waals surface area contributed by atoms with Gasteiger partial charge in [-0.1, -0.05) is 59.6 Å². The molecule has 0 heterocycles. The summed E-state index contributed by atoms with van der Waals surface area (Å²) in [4.78, 5) is 12.6. The van der Waals surface area contributed by atoms with Crippen LogP contribution in [0.4, 0.5) is 5.69 Å². The van der Waals surface area contributed by atoms with Crippen LogP contribution in [0.15, 0.2) is 60.7 Å². The number of halogens is 2. The SMILES string of the molecule is O=C(Nc1cccc2ccccc12)[C@H]1C[C@H]1c1cc(Cl)cc(Cl)c1. The number of anilines is 1. The Morgan fingerprint density at radius 3 is 2.46 bits per heavy atom. The second-order valence-electron chi connectivity index (χ2n) is 6.17. The van der Waals surface area contributed by atoms with Crippen LogP contribution in [0.2, 0.25) is 10.0 Å². The van der Waals surface area contributed by atoms with Crippen LogP contribution < -0.4 is 5.32 Å². The number of carbonyl (C=O) groups is 1. The molecule has 0 spiro atoms. The molecule has 0 radical (unpaired) electrons. The first-order valence-electron chi connectivity index (χ1n) is 7.86. The maximum absolute atomic E-state index is 12.6. The summed E-state index contributed by atoms with van der Waals surface area (Å²) in [6.45, 7) is 0. The molecule has 1 fully saturated rings. The second-order valence-corrected chi connectivity index (χ2v) is 7.04. The molecule has 0 aromatic heterocycles. The van der Waals surface area contributed by atoms with Crippen molar-refractivity contribution in [3.63, 3.8) is 0 Å². The van der Waals surface area contributed by atoms with Gasteiger partial charge in [-0.3, -0.25) is 4.79 Å². The van der Waals surface area contributed by atoms with E-state index in [-0.39, 0.29) is 17.7 Å². The summed E-state index contributed by atoms with van der Waals surface area (Å²) >= 11 is 12.1. The molecule has 1 N–H and O–H groups in total. The maximum atomic E-state index is 12.6. The molecule has 1 saturated carbocycles. The molecule has 1 aliphatic carbocycles.